The predicted molar refractivity (Wildman–Crippen MR) is 69.3 cm³/mol. The summed E-state index contributed by atoms with van der Waals surface area (Å²) in [6, 6.07) is 9.70. The maximum absolute atomic E-state index is 11.3. The van der Waals surface area contributed by atoms with Crippen molar-refractivity contribution in [1.82, 2.24) is 15.1 Å². The number of carbonyl (C=O) groups excluding carboxylic acids is 1. The van der Waals surface area contributed by atoms with Crippen molar-refractivity contribution in [3.05, 3.63) is 36.2 Å². The van der Waals surface area contributed by atoms with Gasteiger partial charge in [-0.1, -0.05) is 18.2 Å². The average Bonchev–Trinajstić information content (AvgIpc) is 3.09. The SMILES string of the molecule is CC(=O)N1CCC(c2nnc(-c3ccccc3)o2)C1. The monoisotopic (exact) mass is 257 g/mol. The molecule has 5 nitrogen and oxygen atoms in total. The fraction of sp³-hybridized carbons (Fsp3) is 0.357. The van der Waals surface area contributed by atoms with Gasteiger partial charge in [-0.2, -0.15) is 0 Å². The molecule has 19 heavy (non-hydrogen) atoms. The lowest BCUT2D eigenvalue weighted by Crippen LogP contribution is -2.25. The van der Waals surface area contributed by atoms with Gasteiger partial charge < -0.3 is 9.32 Å². The van der Waals surface area contributed by atoms with Crippen molar-refractivity contribution in [2.45, 2.75) is 19.3 Å². The number of hydrogen-bond acceptors (Lipinski definition) is 4. The van der Waals surface area contributed by atoms with E-state index >= 15 is 0 Å². The molecule has 1 aromatic carbocycles. The molecule has 1 aromatic heterocycles. The van der Waals surface area contributed by atoms with Crippen LogP contribution in [0.5, 0.6) is 0 Å². The zero-order valence-electron chi connectivity index (χ0n) is 10.7. The minimum Gasteiger partial charge on any atom is -0.420 e. The van der Waals surface area contributed by atoms with Crippen LogP contribution in [0.4, 0.5) is 0 Å². The number of amides is 1. The van der Waals surface area contributed by atoms with Gasteiger partial charge in [-0.15, -0.1) is 10.2 Å². The molecule has 1 aliphatic heterocycles. The van der Waals surface area contributed by atoms with E-state index in [-0.39, 0.29) is 11.8 Å². The molecule has 1 atom stereocenters. The van der Waals surface area contributed by atoms with Gasteiger partial charge in [-0.25, -0.2) is 0 Å². The summed E-state index contributed by atoms with van der Waals surface area (Å²) < 4.78 is 5.72. The first-order valence-electron chi connectivity index (χ1n) is 6.38. The van der Waals surface area contributed by atoms with E-state index in [2.05, 4.69) is 10.2 Å². The van der Waals surface area contributed by atoms with E-state index in [1.54, 1.807) is 6.92 Å². The molecule has 0 aliphatic carbocycles. The van der Waals surface area contributed by atoms with Crippen molar-refractivity contribution in [3.63, 3.8) is 0 Å². The van der Waals surface area contributed by atoms with Gasteiger partial charge in [-0.3, -0.25) is 4.79 Å². The van der Waals surface area contributed by atoms with Gasteiger partial charge in [0.25, 0.3) is 0 Å². The van der Waals surface area contributed by atoms with Crippen LogP contribution in [-0.4, -0.2) is 34.1 Å². The Balaban J connectivity index is 1.78. The summed E-state index contributed by atoms with van der Waals surface area (Å²) in [4.78, 5) is 13.1. The Morgan fingerprint density at radius 3 is 2.79 bits per heavy atom. The molecule has 1 saturated heterocycles. The van der Waals surface area contributed by atoms with E-state index in [0.717, 1.165) is 18.5 Å². The third-order valence-electron chi connectivity index (χ3n) is 3.44. The minimum atomic E-state index is 0.102. The maximum atomic E-state index is 11.3. The maximum Gasteiger partial charge on any atom is 0.247 e. The van der Waals surface area contributed by atoms with E-state index < -0.39 is 0 Å². The molecule has 2 heterocycles. The van der Waals surface area contributed by atoms with Crippen LogP contribution in [0.1, 0.15) is 25.2 Å². The highest BCUT2D eigenvalue weighted by Crippen LogP contribution is 2.28. The fourth-order valence-electron chi connectivity index (χ4n) is 2.34. The summed E-state index contributed by atoms with van der Waals surface area (Å²) in [5.41, 5.74) is 0.919. The van der Waals surface area contributed by atoms with Crippen LogP contribution in [0.15, 0.2) is 34.7 Å². The van der Waals surface area contributed by atoms with Crippen molar-refractivity contribution >= 4 is 5.91 Å². The molecular weight excluding hydrogens is 242 g/mol. The van der Waals surface area contributed by atoms with Gasteiger partial charge in [0.05, 0.1) is 5.92 Å². The predicted octanol–water partition coefficient (Wildman–Crippen LogP) is 2.07. The van der Waals surface area contributed by atoms with Crippen LogP contribution in [0, 0.1) is 0 Å². The summed E-state index contributed by atoms with van der Waals surface area (Å²) in [5.74, 6) is 1.43. The highest BCUT2D eigenvalue weighted by Gasteiger charge is 2.29. The Kier molecular flexibility index (Phi) is 3.03. The molecule has 0 saturated carbocycles. The van der Waals surface area contributed by atoms with Crippen molar-refractivity contribution in [2.24, 2.45) is 0 Å². The van der Waals surface area contributed by atoms with Crippen LogP contribution >= 0.6 is 0 Å². The van der Waals surface area contributed by atoms with E-state index in [1.807, 2.05) is 35.2 Å². The largest absolute Gasteiger partial charge is 0.420 e. The Morgan fingerprint density at radius 1 is 1.32 bits per heavy atom. The third kappa shape index (κ3) is 2.36. The molecule has 2 aromatic rings. The minimum absolute atomic E-state index is 0.102. The lowest BCUT2D eigenvalue weighted by atomic mass is 10.1. The number of rotatable bonds is 2. The first-order chi connectivity index (χ1) is 9.24. The summed E-state index contributed by atoms with van der Waals surface area (Å²) in [7, 11) is 0. The molecule has 3 rings (SSSR count). The van der Waals surface area contributed by atoms with E-state index in [1.165, 1.54) is 0 Å². The van der Waals surface area contributed by atoms with Gasteiger partial charge in [-0.05, 0) is 18.6 Å². The van der Waals surface area contributed by atoms with Gasteiger partial charge in [0.1, 0.15) is 0 Å². The highest BCUT2D eigenvalue weighted by atomic mass is 16.4. The van der Waals surface area contributed by atoms with Crippen molar-refractivity contribution < 1.29 is 9.21 Å². The fourth-order valence-corrected chi connectivity index (χ4v) is 2.34. The lowest BCUT2D eigenvalue weighted by molar-refractivity contribution is -0.127. The second-order valence-corrected chi connectivity index (χ2v) is 4.76. The normalized spacial score (nSPS) is 18.8. The van der Waals surface area contributed by atoms with Gasteiger partial charge in [0.15, 0.2) is 0 Å². The molecule has 1 fully saturated rings. The van der Waals surface area contributed by atoms with E-state index in [9.17, 15) is 4.79 Å². The Hall–Kier alpha value is -2.17. The van der Waals surface area contributed by atoms with E-state index in [4.69, 9.17) is 4.42 Å². The highest BCUT2D eigenvalue weighted by molar-refractivity contribution is 5.73. The number of hydrogen-bond donors (Lipinski definition) is 0. The van der Waals surface area contributed by atoms with Gasteiger partial charge >= 0.3 is 0 Å². The molecule has 0 spiro atoms. The van der Waals surface area contributed by atoms with E-state index in [0.29, 0.717) is 18.3 Å². The van der Waals surface area contributed by atoms with Crippen LogP contribution in [-0.2, 0) is 4.79 Å². The number of carbonyl (C=O) groups is 1. The van der Waals surface area contributed by atoms with Crippen molar-refractivity contribution in [2.75, 3.05) is 13.1 Å². The van der Waals surface area contributed by atoms with Crippen molar-refractivity contribution in [1.29, 1.82) is 0 Å². The number of likely N-dealkylation sites (tertiary alicyclic amines) is 1. The molecule has 5 heteroatoms. The molecule has 1 amide bonds. The van der Waals surface area contributed by atoms with Gasteiger partial charge in [0, 0.05) is 25.6 Å². The second kappa shape index (κ2) is 4.84. The standard InChI is InChI=1S/C14H15N3O2/c1-10(18)17-8-7-12(9-17)14-16-15-13(19-14)11-5-3-2-4-6-11/h2-6,12H,7-9H2,1H3. The third-order valence-corrected chi connectivity index (χ3v) is 3.44. The average molecular weight is 257 g/mol. The molecule has 98 valence electrons. The Morgan fingerprint density at radius 2 is 2.11 bits per heavy atom. The lowest BCUT2D eigenvalue weighted by Gasteiger charge is -2.11. The number of nitrogens with zero attached hydrogens (tertiary/aromatic N) is 3. The summed E-state index contributed by atoms with van der Waals surface area (Å²) in [6.07, 6.45) is 0.885. The molecular formula is C14H15N3O2. The molecule has 0 radical (unpaired) electrons. The number of aromatic nitrogens is 2. The smallest absolute Gasteiger partial charge is 0.247 e. The molecule has 0 bridgehead atoms. The summed E-state index contributed by atoms with van der Waals surface area (Å²) in [5, 5.41) is 8.19. The van der Waals surface area contributed by atoms with Crippen LogP contribution in [0.25, 0.3) is 11.5 Å². The second-order valence-electron chi connectivity index (χ2n) is 4.76. The first-order valence-corrected chi connectivity index (χ1v) is 6.38. The molecule has 1 aliphatic rings. The summed E-state index contributed by atoms with van der Waals surface area (Å²) >= 11 is 0. The molecule has 0 N–H and O–H groups in total. The Bertz CT molecular complexity index is 579. The molecule has 1 unspecified atom stereocenters. The summed E-state index contributed by atoms with van der Waals surface area (Å²) in [6.45, 7) is 3.03. The van der Waals surface area contributed by atoms with Crippen LogP contribution < -0.4 is 0 Å². The van der Waals surface area contributed by atoms with Crippen LogP contribution in [0.2, 0.25) is 0 Å². The Labute approximate surface area is 111 Å². The first kappa shape index (κ1) is 11.9. The topological polar surface area (TPSA) is 59.2 Å². The zero-order valence-corrected chi connectivity index (χ0v) is 10.7. The van der Waals surface area contributed by atoms with Crippen LogP contribution in [0.3, 0.4) is 0 Å². The zero-order chi connectivity index (χ0) is 13.2. The van der Waals surface area contributed by atoms with Crippen molar-refractivity contribution in [3.8, 4) is 11.5 Å². The quantitative estimate of drug-likeness (QED) is 0.826. The van der Waals surface area contributed by atoms with Gasteiger partial charge in [0.2, 0.25) is 17.7 Å². The number of benzene rings is 1.